The number of amides is 1. The highest BCUT2D eigenvalue weighted by Crippen LogP contribution is 2.24. The predicted octanol–water partition coefficient (Wildman–Crippen LogP) is -1.69. The number of carbonyl (C=O) groups excluding carboxylic acids is 1. The van der Waals surface area contributed by atoms with Crippen LogP contribution < -0.4 is 5.73 Å². The summed E-state index contributed by atoms with van der Waals surface area (Å²) in [6.07, 6.45) is -3.59. The van der Waals surface area contributed by atoms with Crippen molar-refractivity contribution in [3.05, 3.63) is 17.0 Å². The maximum atomic E-state index is 11.0. The molecule has 0 bridgehead atoms. The van der Waals surface area contributed by atoms with Crippen LogP contribution in [0.2, 0.25) is 0 Å². The fourth-order valence-corrected chi connectivity index (χ4v) is 1.60. The summed E-state index contributed by atoms with van der Waals surface area (Å²) in [6.45, 7) is 1.46. The maximum Gasteiger partial charge on any atom is 0.354 e. The van der Waals surface area contributed by atoms with Crippen molar-refractivity contribution in [2.75, 3.05) is 0 Å². The number of nitrogens with two attached hydrogens (primary N) is 1. The van der Waals surface area contributed by atoms with E-state index in [4.69, 9.17) is 10.8 Å². The Morgan fingerprint density at radius 2 is 1.94 bits per heavy atom. The number of aliphatic hydroxyl groups is 2. The summed E-state index contributed by atoms with van der Waals surface area (Å²) in [5.41, 5.74) is 4.62. The van der Waals surface area contributed by atoms with Crippen molar-refractivity contribution >= 4 is 11.9 Å². The van der Waals surface area contributed by atoms with Gasteiger partial charge in [-0.15, -0.1) is 0 Å². The number of aromatic carboxylic acids is 1. The minimum Gasteiger partial charge on any atom is -0.477 e. The van der Waals surface area contributed by atoms with Crippen molar-refractivity contribution in [1.82, 2.24) is 9.78 Å². The lowest BCUT2D eigenvalue weighted by Crippen LogP contribution is -2.34. The van der Waals surface area contributed by atoms with Gasteiger partial charge in [0.15, 0.2) is 11.8 Å². The zero-order valence-corrected chi connectivity index (χ0v) is 9.28. The van der Waals surface area contributed by atoms with Crippen LogP contribution in [0.25, 0.3) is 0 Å². The molecule has 8 nitrogen and oxygen atoms in total. The average Bonchev–Trinajstić information content (AvgIpc) is 2.51. The Bertz CT molecular complexity index is 467. The van der Waals surface area contributed by atoms with Crippen LogP contribution in [0, 0.1) is 6.92 Å². The molecule has 0 spiro atoms. The van der Waals surface area contributed by atoms with Gasteiger partial charge in [0.2, 0.25) is 5.91 Å². The van der Waals surface area contributed by atoms with Crippen LogP contribution in [0.15, 0.2) is 0 Å². The predicted molar refractivity (Wildman–Crippen MR) is 55.1 cm³/mol. The normalized spacial score (nSPS) is 14.4. The summed E-state index contributed by atoms with van der Waals surface area (Å²) in [5, 5.41) is 31.8. The van der Waals surface area contributed by atoms with Gasteiger partial charge in [0.1, 0.15) is 6.10 Å². The molecule has 17 heavy (non-hydrogen) atoms. The average molecular weight is 243 g/mol. The molecule has 0 aromatic carbocycles. The fraction of sp³-hybridized carbons (Fsp3) is 0.444. The number of carboxylic acid groups (broad SMARTS) is 1. The zero-order valence-electron chi connectivity index (χ0n) is 9.28. The third kappa shape index (κ3) is 2.27. The van der Waals surface area contributed by atoms with Gasteiger partial charge in [0.05, 0.1) is 5.69 Å². The van der Waals surface area contributed by atoms with E-state index in [2.05, 4.69) is 5.10 Å². The third-order valence-corrected chi connectivity index (χ3v) is 2.36. The largest absolute Gasteiger partial charge is 0.477 e. The molecule has 0 aliphatic heterocycles. The summed E-state index contributed by atoms with van der Waals surface area (Å²) in [5.74, 6) is -2.46. The molecule has 1 aromatic rings. The van der Waals surface area contributed by atoms with Crippen molar-refractivity contribution in [3.8, 4) is 0 Å². The smallest absolute Gasteiger partial charge is 0.354 e. The highest BCUT2D eigenvalue weighted by Gasteiger charge is 2.32. The van der Waals surface area contributed by atoms with E-state index in [1.807, 2.05) is 0 Å². The molecule has 0 fully saturated rings. The number of hydrogen-bond donors (Lipinski definition) is 4. The first kappa shape index (κ1) is 13.1. The minimum atomic E-state index is -1.88. The number of aryl methyl sites for hydroxylation is 2. The second kappa shape index (κ2) is 4.52. The molecule has 2 atom stereocenters. The molecular formula is C9H13N3O5. The van der Waals surface area contributed by atoms with Crippen LogP contribution in [0.1, 0.15) is 27.8 Å². The summed E-state index contributed by atoms with van der Waals surface area (Å²) in [7, 11) is 1.38. The molecule has 1 rings (SSSR count). The van der Waals surface area contributed by atoms with Crippen molar-refractivity contribution in [1.29, 1.82) is 0 Å². The molecule has 1 amide bonds. The molecule has 0 aliphatic carbocycles. The maximum absolute atomic E-state index is 11.0. The number of rotatable bonds is 4. The first-order valence-corrected chi connectivity index (χ1v) is 4.69. The lowest BCUT2D eigenvalue weighted by atomic mass is 10.0. The van der Waals surface area contributed by atoms with Crippen LogP contribution >= 0.6 is 0 Å². The number of hydrogen-bond acceptors (Lipinski definition) is 5. The monoisotopic (exact) mass is 243 g/mol. The fourth-order valence-electron chi connectivity index (χ4n) is 1.60. The highest BCUT2D eigenvalue weighted by atomic mass is 16.4. The first-order valence-electron chi connectivity index (χ1n) is 4.69. The van der Waals surface area contributed by atoms with Crippen LogP contribution in [0.3, 0.4) is 0 Å². The number of aromatic nitrogens is 2. The molecule has 0 radical (unpaired) electrons. The van der Waals surface area contributed by atoms with Crippen molar-refractivity contribution in [2.45, 2.75) is 19.1 Å². The molecule has 8 heteroatoms. The van der Waals surface area contributed by atoms with Crippen LogP contribution in [-0.2, 0) is 11.8 Å². The van der Waals surface area contributed by atoms with Gasteiger partial charge in [0, 0.05) is 12.6 Å². The van der Waals surface area contributed by atoms with Gasteiger partial charge in [-0.1, -0.05) is 0 Å². The summed E-state index contributed by atoms with van der Waals surface area (Å²) < 4.78 is 1.05. The van der Waals surface area contributed by atoms with Gasteiger partial charge in [-0.2, -0.15) is 5.10 Å². The van der Waals surface area contributed by atoms with E-state index >= 15 is 0 Å². The SMILES string of the molecule is Cc1nn(C)c(C(=O)O)c1C(O)C(O)C(N)=O. The molecule has 0 saturated carbocycles. The van der Waals surface area contributed by atoms with Crippen molar-refractivity contribution < 1.29 is 24.9 Å². The standard InChI is InChI=1S/C9H13N3O5/c1-3-4(6(13)7(14)8(10)15)5(9(16)17)12(2)11-3/h6-7,13-14H,1-2H3,(H2,10,15)(H,16,17). The Morgan fingerprint density at radius 3 is 2.35 bits per heavy atom. The summed E-state index contributed by atoms with van der Waals surface area (Å²) >= 11 is 0. The molecule has 94 valence electrons. The summed E-state index contributed by atoms with van der Waals surface area (Å²) in [6, 6.07) is 0. The van der Waals surface area contributed by atoms with E-state index in [0.29, 0.717) is 0 Å². The van der Waals surface area contributed by atoms with Crippen LogP contribution in [-0.4, -0.2) is 43.1 Å². The lowest BCUT2D eigenvalue weighted by molar-refractivity contribution is -0.132. The number of carbonyl (C=O) groups is 2. The number of carboxylic acids is 1. The van der Waals surface area contributed by atoms with E-state index in [9.17, 15) is 19.8 Å². The Morgan fingerprint density at radius 1 is 1.41 bits per heavy atom. The topological polar surface area (TPSA) is 139 Å². The van der Waals surface area contributed by atoms with Gasteiger partial charge in [0.25, 0.3) is 0 Å². The van der Waals surface area contributed by atoms with Crippen molar-refractivity contribution in [2.24, 2.45) is 12.8 Å². The molecule has 1 aromatic heterocycles. The Kier molecular flexibility index (Phi) is 3.49. The number of nitrogens with zero attached hydrogens (tertiary/aromatic N) is 2. The van der Waals surface area contributed by atoms with Crippen LogP contribution in [0.5, 0.6) is 0 Å². The molecule has 5 N–H and O–H groups in total. The Balaban J connectivity index is 3.30. The van der Waals surface area contributed by atoms with E-state index in [1.165, 1.54) is 14.0 Å². The van der Waals surface area contributed by atoms with Gasteiger partial charge in [-0.25, -0.2) is 4.79 Å². The van der Waals surface area contributed by atoms with E-state index in [1.54, 1.807) is 0 Å². The number of primary amides is 1. The second-order valence-electron chi connectivity index (χ2n) is 3.57. The third-order valence-electron chi connectivity index (χ3n) is 2.36. The number of aliphatic hydroxyl groups excluding tert-OH is 2. The van der Waals surface area contributed by atoms with E-state index < -0.39 is 24.1 Å². The molecular weight excluding hydrogens is 230 g/mol. The Labute approximate surface area is 96.3 Å². The molecule has 0 saturated heterocycles. The van der Waals surface area contributed by atoms with Crippen molar-refractivity contribution in [3.63, 3.8) is 0 Å². The minimum absolute atomic E-state index is 0.119. The Hall–Kier alpha value is -1.93. The lowest BCUT2D eigenvalue weighted by Gasteiger charge is -2.15. The molecule has 1 heterocycles. The summed E-state index contributed by atoms with van der Waals surface area (Å²) in [4.78, 5) is 21.7. The van der Waals surface area contributed by atoms with E-state index in [0.717, 1.165) is 4.68 Å². The molecule has 0 aliphatic rings. The van der Waals surface area contributed by atoms with Gasteiger partial charge >= 0.3 is 5.97 Å². The van der Waals surface area contributed by atoms with E-state index in [-0.39, 0.29) is 17.0 Å². The van der Waals surface area contributed by atoms with Gasteiger partial charge in [-0.3, -0.25) is 9.48 Å². The van der Waals surface area contributed by atoms with Gasteiger partial charge in [-0.05, 0) is 6.92 Å². The highest BCUT2D eigenvalue weighted by molar-refractivity contribution is 5.88. The van der Waals surface area contributed by atoms with Gasteiger partial charge < -0.3 is 21.1 Å². The second-order valence-corrected chi connectivity index (χ2v) is 3.57. The molecule has 2 unspecified atom stereocenters. The van der Waals surface area contributed by atoms with Crippen LogP contribution in [0.4, 0.5) is 0 Å². The zero-order chi connectivity index (χ0) is 13.3. The first-order chi connectivity index (χ1) is 7.77. The quantitative estimate of drug-likeness (QED) is 0.497.